The summed E-state index contributed by atoms with van der Waals surface area (Å²) in [5.41, 5.74) is 1.12. The number of amides is 1. The smallest absolute Gasteiger partial charge is 0.270 e. The summed E-state index contributed by atoms with van der Waals surface area (Å²) in [6, 6.07) is 2.04. The van der Waals surface area contributed by atoms with Crippen LogP contribution >= 0.6 is 24.0 Å². The molecule has 1 aromatic rings. The number of ether oxygens (including phenoxy) is 1. The Kier molecular flexibility index (Phi) is 7.01. The lowest BCUT2D eigenvalue weighted by Crippen LogP contribution is -2.39. The van der Waals surface area contributed by atoms with Gasteiger partial charge in [0.15, 0.2) is 0 Å². The Labute approximate surface area is 186 Å². The van der Waals surface area contributed by atoms with Crippen LogP contribution in [0.1, 0.15) is 36.5 Å². The fraction of sp³-hybridized carbons (Fsp3) is 0.524. The maximum atomic E-state index is 12.9. The monoisotopic (exact) mass is 446 g/mol. The summed E-state index contributed by atoms with van der Waals surface area (Å²) in [5, 5.41) is 9.57. The van der Waals surface area contributed by atoms with Crippen molar-refractivity contribution in [2.24, 2.45) is 13.0 Å². The third-order valence-corrected chi connectivity index (χ3v) is 6.97. The van der Waals surface area contributed by atoms with E-state index in [0.29, 0.717) is 33.9 Å². The average molecular weight is 447 g/mol. The van der Waals surface area contributed by atoms with Crippen molar-refractivity contribution in [3.8, 4) is 6.07 Å². The second-order valence-electron chi connectivity index (χ2n) is 7.73. The van der Waals surface area contributed by atoms with Crippen LogP contribution in [-0.4, -0.2) is 53.0 Å². The summed E-state index contributed by atoms with van der Waals surface area (Å²) in [4.78, 5) is 30.0. The first-order chi connectivity index (χ1) is 14.3. The molecule has 9 heteroatoms. The van der Waals surface area contributed by atoms with Crippen molar-refractivity contribution in [2.45, 2.75) is 26.7 Å². The zero-order chi connectivity index (χ0) is 22.0. The molecule has 3 rings (SSSR count). The van der Waals surface area contributed by atoms with Gasteiger partial charge < -0.3 is 9.64 Å². The maximum Gasteiger partial charge on any atom is 0.270 e. The number of carbonyl (C=O) groups excluding carboxylic acids is 1. The molecule has 2 aliphatic rings. The number of anilines is 1. The topological polar surface area (TPSA) is 78.6 Å². The molecule has 0 aromatic carbocycles. The van der Waals surface area contributed by atoms with E-state index in [9.17, 15) is 14.9 Å². The van der Waals surface area contributed by atoms with Gasteiger partial charge in [0.2, 0.25) is 0 Å². The van der Waals surface area contributed by atoms with Gasteiger partial charge >= 0.3 is 0 Å². The molecule has 0 radical (unpaired) electrons. The quantitative estimate of drug-likeness (QED) is 0.508. The van der Waals surface area contributed by atoms with E-state index in [1.165, 1.54) is 16.7 Å². The maximum absolute atomic E-state index is 12.9. The number of aromatic nitrogens is 1. The lowest BCUT2D eigenvalue weighted by atomic mass is 9.98. The number of carbonyl (C=O) groups is 1. The molecule has 2 fully saturated rings. The third kappa shape index (κ3) is 4.17. The fourth-order valence-corrected chi connectivity index (χ4v) is 5.27. The van der Waals surface area contributed by atoms with Gasteiger partial charge in [-0.1, -0.05) is 30.9 Å². The van der Waals surface area contributed by atoms with Crippen LogP contribution in [0.2, 0.25) is 0 Å². The van der Waals surface area contributed by atoms with Gasteiger partial charge in [-0.15, -0.1) is 0 Å². The summed E-state index contributed by atoms with van der Waals surface area (Å²) < 4.78 is 7.11. The van der Waals surface area contributed by atoms with Crippen LogP contribution in [0.3, 0.4) is 0 Å². The van der Waals surface area contributed by atoms with E-state index in [1.807, 2.05) is 6.07 Å². The van der Waals surface area contributed by atoms with E-state index in [2.05, 4.69) is 11.8 Å². The van der Waals surface area contributed by atoms with Gasteiger partial charge in [0.1, 0.15) is 21.8 Å². The molecular formula is C21H26N4O3S2. The predicted octanol–water partition coefficient (Wildman–Crippen LogP) is 2.65. The Morgan fingerprint density at radius 1 is 1.40 bits per heavy atom. The number of pyridine rings is 1. The van der Waals surface area contributed by atoms with E-state index in [-0.39, 0.29) is 17.0 Å². The highest BCUT2D eigenvalue weighted by molar-refractivity contribution is 8.26. The Bertz CT molecular complexity index is 1010. The average Bonchev–Trinajstić information content (AvgIpc) is 2.98. The number of methoxy groups -OCH3 is 1. The van der Waals surface area contributed by atoms with Crippen LogP contribution < -0.4 is 10.5 Å². The normalized spacial score (nSPS) is 20.9. The zero-order valence-corrected chi connectivity index (χ0v) is 19.4. The van der Waals surface area contributed by atoms with Crippen molar-refractivity contribution in [1.29, 1.82) is 5.26 Å². The highest BCUT2D eigenvalue weighted by Gasteiger charge is 2.33. The number of hydrogen-bond acceptors (Lipinski definition) is 7. The van der Waals surface area contributed by atoms with Gasteiger partial charge in [0.25, 0.3) is 11.5 Å². The molecule has 0 bridgehead atoms. The van der Waals surface area contributed by atoms with Crippen LogP contribution in [0, 0.1) is 24.2 Å². The minimum Gasteiger partial charge on any atom is -0.383 e. The highest BCUT2D eigenvalue weighted by atomic mass is 32.2. The van der Waals surface area contributed by atoms with E-state index < -0.39 is 0 Å². The molecule has 160 valence electrons. The summed E-state index contributed by atoms with van der Waals surface area (Å²) in [7, 11) is 3.27. The third-order valence-electron chi connectivity index (χ3n) is 5.59. The fourth-order valence-electron chi connectivity index (χ4n) is 3.98. The van der Waals surface area contributed by atoms with Gasteiger partial charge in [-0.3, -0.25) is 19.1 Å². The van der Waals surface area contributed by atoms with Crippen molar-refractivity contribution >= 4 is 46.1 Å². The molecule has 1 atom stereocenters. The first-order valence-corrected chi connectivity index (χ1v) is 11.2. The summed E-state index contributed by atoms with van der Waals surface area (Å²) in [6.45, 7) is 6.42. The second kappa shape index (κ2) is 9.33. The summed E-state index contributed by atoms with van der Waals surface area (Å²) >= 11 is 6.62. The van der Waals surface area contributed by atoms with Crippen molar-refractivity contribution in [3.05, 3.63) is 31.9 Å². The van der Waals surface area contributed by atoms with Crippen molar-refractivity contribution in [3.63, 3.8) is 0 Å². The van der Waals surface area contributed by atoms with Crippen molar-refractivity contribution < 1.29 is 9.53 Å². The number of thioether (sulfide) groups is 1. The van der Waals surface area contributed by atoms with Gasteiger partial charge in [0.05, 0.1) is 18.1 Å². The Morgan fingerprint density at radius 3 is 2.77 bits per heavy atom. The van der Waals surface area contributed by atoms with Crippen molar-refractivity contribution in [1.82, 2.24) is 9.47 Å². The molecule has 2 saturated heterocycles. The lowest BCUT2D eigenvalue weighted by molar-refractivity contribution is -0.122. The molecule has 1 unspecified atom stereocenters. The number of nitriles is 1. The van der Waals surface area contributed by atoms with E-state index in [4.69, 9.17) is 17.0 Å². The van der Waals surface area contributed by atoms with Gasteiger partial charge in [-0.2, -0.15) is 5.26 Å². The molecule has 1 amide bonds. The minimum atomic E-state index is -0.312. The molecule has 0 aliphatic carbocycles. The lowest BCUT2D eigenvalue weighted by Gasteiger charge is -2.35. The first-order valence-electron chi connectivity index (χ1n) is 9.93. The first kappa shape index (κ1) is 22.5. The van der Waals surface area contributed by atoms with E-state index in [1.54, 1.807) is 31.7 Å². The molecule has 0 spiro atoms. The number of nitrogens with zero attached hydrogens (tertiary/aromatic N) is 4. The van der Waals surface area contributed by atoms with Gasteiger partial charge in [-0.05, 0) is 37.3 Å². The van der Waals surface area contributed by atoms with Gasteiger partial charge in [-0.25, -0.2) is 0 Å². The largest absolute Gasteiger partial charge is 0.383 e. The minimum absolute atomic E-state index is 0.104. The summed E-state index contributed by atoms with van der Waals surface area (Å²) in [6.07, 6.45) is 3.97. The van der Waals surface area contributed by atoms with E-state index in [0.717, 1.165) is 37.3 Å². The molecule has 3 heterocycles. The number of rotatable bonds is 5. The van der Waals surface area contributed by atoms with Crippen LogP contribution in [0.15, 0.2) is 9.70 Å². The van der Waals surface area contributed by atoms with E-state index >= 15 is 0 Å². The van der Waals surface area contributed by atoms with Crippen LogP contribution in [0.4, 0.5) is 5.82 Å². The number of piperidine rings is 1. The molecule has 30 heavy (non-hydrogen) atoms. The van der Waals surface area contributed by atoms with Crippen molar-refractivity contribution in [2.75, 3.05) is 38.3 Å². The molecule has 7 nitrogen and oxygen atoms in total. The zero-order valence-electron chi connectivity index (χ0n) is 17.7. The number of thiocarbonyl (C=S) groups is 1. The molecule has 1 aromatic heterocycles. The Hall–Kier alpha value is -2.15. The SMILES string of the molecule is COCCN1C(=O)/C(=C/c2c(C)c(C#N)c(=O)n(C)c2N2CCCC(C)C2)SC1=S. The van der Waals surface area contributed by atoms with Crippen LogP contribution in [0.25, 0.3) is 6.08 Å². The molecule has 2 aliphatic heterocycles. The predicted molar refractivity (Wildman–Crippen MR) is 124 cm³/mol. The van der Waals surface area contributed by atoms with Gasteiger partial charge in [0, 0.05) is 32.8 Å². The Balaban J connectivity index is 2.14. The molecular weight excluding hydrogens is 420 g/mol. The number of hydrogen-bond donors (Lipinski definition) is 0. The summed E-state index contributed by atoms with van der Waals surface area (Å²) in [5.74, 6) is 1.09. The molecule has 0 saturated carbocycles. The van der Waals surface area contributed by atoms with Crippen LogP contribution in [-0.2, 0) is 16.6 Å². The highest BCUT2D eigenvalue weighted by Crippen LogP contribution is 2.36. The molecule has 0 N–H and O–H groups in total. The second-order valence-corrected chi connectivity index (χ2v) is 9.41. The van der Waals surface area contributed by atoms with Crippen LogP contribution in [0.5, 0.6) is 0 Å². The standard InChI is InChI=1S/C21H26N4O3S2/c1-13-6-5-7-24(12-13)18-15(14(2)16(11-22)19(26)23(18)3)10-17-20(27)25(8-9-28-4)21(29)30-17/h10,13H,5-9,12H2,1-4H3/b17-10-. The Morgan fingerprint density at radius 2 is 2.13 bits per heavy atom.